The van der Waals surface area contributed by atoms with E-state index in [9.17, 15) is 9.18 Å². The van der Waals surface area contributed by atoms with Crippen LogP contribution in [0.25, 0.3) is 0 Å². The summed E-state index contributed by atoms with van der Waals surface area (Å²) >= 11 is 0. The highest BCUT2D eigenvalue weighted by Crippen LogP contribution is 2.28. The van der Waals surface area contributed by atoms with E-state index in [2.05, 4.69) is 0 Å². The smallest absolute Gasteiger partial charge is 0.168 e. The number of Topliss-reactive ketones (excluding diaryl/α,β-unsaturated/α-hetero) is 1. The van der Waals surface area contributed by atoms with Crippen LogP contribution in [0.2, 0.25) is 0 Å². The molecular formula is C13H17FO2. The Balaban J connectivity index is 3.10. The molecule has 0 heterocycles. The maximum atomic E-state index is 13.2. The number of ketones is 1. The normalized spacial score (nSPS) is 11.3. The Labute approximate surface area is 95.4 Å². The second kappa shape index (κ2) is 4.64. The summed E-state index contributed by atoms with van der Waals surface area (Å²) in [5.74, 6) is -0.334. The molecule has 1 aromatic carbocycles. The molecule has 0 saturated heterocycles. The fourth-order valence-electron chi connectivity index (χ4n) is 1.35. The standard InChI is InChI=1S/C13H17FO2/c1-5-13(2,3)12(15)9-6-7-10(14)11(8-9)16-4/h6-8H,5H2,1-4H3. The van der Waals surface area contributed by atoms with Crippen molar-refractivity contribution in [2.45, 2.75) is 27.2 Å². The average Bonchev–Trinajstić information content (AvgIpc) is 2.28. The molecule has 88 valence electrons. The first-order chi connectivity index (χ1) is 7.42. The molecule has 0 radical (unpaired) electrons. The highest BCUT2D eigenvalue weighted by molar-refractivity contribution is 6.00. The first-order valence-corrected chi connectivity index (χ1v) is 5.30. The van der Waals surface area contributed by atoms with Crippen LogP contribution in [0.3, 0.4) is 0 Å². The lowest BCUT2D eigenvalue weighted by atomic mass is 9.82. The fraction of sp³-hybridized carbons (Fsp3) is 0.462. The molecule has 0 saturated carbocycles. The summed E-state index contributed by atoms with van der Waals surface area (Å²) < 4.78 is 18.0. The minimum Gasteiger partial charge on any atom is -0.494 e. The van der Waals surface area contributed by atoms with Crippen molar-refractivity contribution in [3.8, 4) is 5.75 Å². The molecule has 0 N–H and O–H groups in total. The van der Waals surface area contributed by atoms with Gasteiger partial charge in [-0.15, -0.1) is 0 Å². The SMILES string of the molecule is CCC(C)(C)C(=O)c1ccc(F)c(OC)c1. The van der Waals surface area contributed by atoms with Gasteiger partial charge in [0.15, 0.2) is 17.3 Å². The Morgan fingerprint density at radius 1 is 1.44 bits per heavy atom. The van der Waals surface area contributed by atoms with Crippen molar-refractivity contribution >= 4 is 5.78 Å². The Morgan fingerprint density at radius 3 is 2.56 bits per heavy atom. The average molecular weight is 224 g/mol. The molecule has 0 amide bonds. The van der Waals surface area contributed by atoms with E-state index in [1.807, 2.05) is 20.8 Å². The minimum atomic E-state index is -0.451. The quantitative estimate of drug-likeness (QED) is 0.732. The molecular weight excluding hydrogens is 207 g/mol. The molecule has 0 aliphatic rings. The lowest BCUT2D eigenvalue weighted by Crippen LogP contribution is -2.23. The summed E-state index contributed by atoms with van der Waals surface area (Å²) in [5, 5.41) is 0. The van der Waals surface area contributed by atoms with E-state index < -0.39 is 11.2 Å². The van der Waals surface area contributed by atoms with Crippen LogP contribution in [0.5, 0.6) is 5.75 Å². The molecule has 3 heteroatoms. The van der Waals surface area contributed by atoms with E-state index >= 15 is 0 Å². The van der Waals surface area contributed by atoms with E-state index in [1.165, 1.54) is 25.3 Å². The van der Waals surface area contributed by atoms with Crippen LogP contribution in [-0.4, -0.2) is 12.9 Å². The van der Waals surface area contributed by atoms with Crippen LogP contribution >= 0.6 is 0 Å². The Morgan fingerprint density at radius 2 is 2.06 bits per heavy atom. The van der Waals surface area contributed by atoms with E-state index in [0.29, 0.717) is 5.56 Å². The highest BCUT2D eigenvalue weighted by atomic mass is 19.1. The second-order valence-corrected chi connectivity index (χ2v) is 4.42. The van der Waals surface area contributed by atoms with Gasteiger partial charge in [0, 0.05) is 11.0 Å². The van der Waals surface area contributed by atoms with Gasteiger partial charge >= 0.3 is 0 Å². The lowest BCUT2D eigenvalue weighted by molar-refractivity contribution is 0.0832. The predicted octanol–water partition coefficient (Wildman–Crippen LogP) is 3.45. The lowest BCUT2D eigenvalue weighted by Gasteiger charge is -2.21. The van der Waals surface area contributed by atoms with Gasteiger partial charge < -0.3 is 4.74 Å². The first-order valence-electron chi connectivity index (χ1n) is 5.30. The van der Waals surface area contributed by atoms with Gasteiger partial charge in [-0.05, 0) is 24.6 Å². The van der Waals surface area contributed by atoms with E-state index in [4.69, 9.17) is 4.74 Å². The number of carbonyl (C=O) groups excluding carboxylic acids is 1. The number of halogens is 1. The topological polar surface area (TPSA) is 26.3 Å². The number of rotatable bonds is 4. The molecule has 1 aromatic rings. The molecule has 0 aromatic heterocycles. The predicted molar refractivity (Wildman–Crippen MR) is 61.4 cm³/mol. The molecule has 16 heavy (non-hydrogen) atoms. The zero-order valence-electron chi connectivity index (χ0n) is 10.1. The van der Waals surface area contributed by atoms with Crippen molar-refractivity contribution in [2.75, 3.05) is 7.11 Å². The van der Waals surface area contributed by atoms with Gasteiger partial charge in [-0.2, -0.15) is 0 Å². The maximum Gasteiger partial charge on any atom is 0.168 e. The van der Waals surface area contributed by atoms with E-state index in [1.54, 1.807) is 0 Å². The zero-order valence-corrected chi connectivity index (χ0v) is 10.1. The van der Waals surface area contributed by atoms with Gasteiger partial charge in [-0.1, -0.05) is 20.8 Å². The molecule has 0 bridgehead atoms. The number of hydrogen-bond acceptors (Lipinski definition) is 2. The summed E-state index contributed by atoms with van der Waals surface area (Å²) in [6.45, 7) is 5.72. The van der Waals surface area contributed by atoms with Gasteiger partial charge in [0.1, 0.15) is 0 Å². The van der Waals surface area contributed by atoms with Crippen molar-refractivity contribution in [3.63, 3.8) is 0 Å². The van der Waals surface area contributed by atoms with Gasteiger partial charge in [-0.3, -0.25) is 4.79 Å². The van der Waals surface area contributed by atoms with Crippen LogP contribution in [-0.2, 0) is 0 Å². The summed E-state index contributed by atoms with van der Waals surface area (Å²) in [4.78, 5) is 12.1. The number of carbonyl (C=O) groups is 1. The summed E-state index contributed by atoms with van der Waals surface area (Å²) in [6, 6.07) is 4.21. The molecule has 1 rings (SSSR count). The Kier molecular flexibility index (Phi) is 3.68. The number of hydrogen-bond donors (Lipinski definition) is 0. The largest absolute Gasteiger partial charge is 0.494 e. The summed E-state index contributed by atoms with van der Waals surface area (Å²) in [5.41, 5.74) is 0.0631. The van der Waals surface area contributed by atoms with E-state index in [-0.39, 0.29) is 11.5 Å². The summed E-state index contributed by atoms with van der Waals surface area (Å²) in [7, 11) is 1.39. The number of benzene rings is 1. The fourth-order valence-corrected chi connectivity index (χ4v) is 1.35. The Bertz CT molecular complexity index is 397. The van der Waals surface area contributed by atoms with Crippen LogP contribution in [0.1, 0.15) is 37.6 Å². The van der Waals surface area contributed by atoms with Gasteiger partial charge in [-0.25, -0.2) is 4.39 Å². The zero-order chi connectivity index (χ0) is 12.3. The van der Waals surface area contributed by atoms with E-state index in [0.717, 1.165) is 6.42 Å². The molecule has 0 unspecified atom stereocenters. The maximum absolute atomic E-state index is 13.2. The van der Waals surface area contributed by atoms with Crippen molar-refractivity contribution in [2.24, 2.45) is 5.41 Å². The van der Waals surface area contributed by atoms with Crippen LogP contribution in [0.15, 0.2) is 18.2 Å². The van der Waals surface area contributed by atoms with Crippen molar-refractivity contribution in [1.82, 2.24) is 0 Å². The van der Waals surface area contributed by atoms with Gasteiger partial charge in [0.25, 0.3) is 0 Å². The first kappa shape index (κ1) is 12.7. The van der Waals surface area contributed by atoms with Gasteiger partial charge in [0.05, 0.1) is 7.11 Å². The molecule has 0 aliphatic carbocycles. The Hall–Kier alpha value is -1.38. The minimum absolute atomic E-state index is 0.00769. The van der Waals surface area contributed by atoms with Crippen molar-refractivity contribution < 1.29 is 13.9 Å². The molecule has 0 atom stereocenters. The summed E-state index contributed by atoms with van der Waals surface area (Å²) in [6.07, 6.45) is 0.742. The highest BCUT2D eigenvalue weighted by Gasteiger charge is 2.27. The van der Waals surface area contributed by atoms with Crippen LogP contribution < -0.4 is 4.74 Å². The number of methoxy groups -OCH3 is 1. The second-order valence-electron chi connectivity index (χ2n) is 4.42. The van der Waals surface area contributed by atoms with Crippen LogP contribution in [0, 0.1) is 11.2 Å². The third-order valence-corrected chi connectivity index (χ3v) is 2.91. The molecule has 0 aliphatic heterocycles. The molecule has 0 spiro atoms. The third-order valence-electron chi connectivity index (χ3n) is 2.91. The molecule has 2 nitrogen and oxygen atoms in total. The molecule has 0 fully saturated rings. The van der Waals surface area contributed by atoms with Crippen molar-refractivity contribution in [3.05, 3.63) is 29.6 Å². The third kappa shape index (κ3) is 2.40. The monoisotopic (exact) mass is 224 g/mol. The van der Waals surface area contributed by atoms with Crippen molar-refractivity contribution in [1.29, 1.82) is 0 Å². The number of ether oxygens (including phenoxy) is 1. The van der Waals surface area contributed by atoms with Crippen LogP contribution in [0.4, 0.5) is 4.39 Å². The van der Waals surface area contributed by atoms with Gasteiger partial charge in [0.2, 0.25) is 0 Å².